The van der Waals surface area contributed by atoms with Gasteiger partial charge < -0.3 is 14.9 Å². The van der Waals surface area contributed by atoms with Crippen LogP contribution in [0.25, 0.3) is 0 Å². The summed E-state index contributed by atoms with van der Waals surface area (Å²) in [6.07, 6.45) is 0. The molecule has 0 aromatic heterocycles. The molecule has 1 aromatic rings. The largest absolute Gasteiger partial charge is 0.490 e. The molecule has 0 aliphatic carbocycles. The second-order valence-electron chi connectivity index (χ2n) is 3.44. The van der Waals surface area contributed by atoms with Gasteiger partial charge in [0.25, 0.3) is 0 Å². The molecule has 1 aromatic carbocycles. The summed E-state index contributed by atoms with van der Waals surface area (Å²) in [5.41, 5.74) is -1.97. The fourth-order valence-electron chi connectivity index (χ4n) is 0.852. The molecule has 6 heteroatoms. The number of ether oxygens (including phenoxy) is 1. The topological polar surface area (TPSA) is 66.8 Å². The summed E-state index contributed by atoms with van der Waals surface area (Å²) in [6.45, 7) is 0.703. The minimum Gasteiger partial charge on any atom is -0.490 e. The van der Waals surface area contributed by atoms with Gasteiger partial charge in [0.1, 0.15) is 18.2 Å². The number of hydrogen-bond acceptors (Lipinski definition) is 3. The first-order valence-corrected chi connectivity index (χ1v) is 5.16. The fraction of sp³-hybridized carbons (Fsp3) is 0.300. The number of rotatable bonds is 4. The minimum absolute atomic E-state index is 0.208. The molecule has 1 unspecified atom stereocenters. The maximum atomic E-state index is 12.9. The number of carbonyl (C=O) groups is 1. The van der Waals surface area contributed by atoms with Gasteiger partial charge in [-0.2, -0.15) is 0 Å². The lowest BCUT2D eigenvalue weighted by molar-refractivity contribution is -0.159. The molecular formula is C10H10BrFO4. The molecule has 88 valence electrons. The van der Waals surface area contributed by atoms with E-state index in [4.69, 9.17) is 9.84 Å². The Hall–Kier alpha value is -1.14. The molecule has 1 rings (SSSR count). The number of hydrogen-bond donors (Lipinski definition) is 2. The van der Waals surface area contributed by atoms with Gasteiger partial charge in [-0.3, -0.25) is 0 Å². The molecule has 0 heterocycles. The molecule has 0 fully saturated rings. The number of carboxylic acids is 1. The van der Waals surface area contributed by atoms with Crippen LogP contribution in [0.5, 0.6) is 5.75 Å². The van der Waals surface area contributed by atoms with Gasteiger partial charge in [0.15, 0.2) is 5.60 Å². The summed E-state index contributed by atoms with van der Waals surface area (Å²) in [5.74, 6) is -1.55. The lowest BCUT2D eigenvalue weighted by Crippen LogP contribution is -2.41. The van der Waals surface area contributed by atoms with Crippen LogP contribution in [0.3, 0.4) is 0 Å². The van der Waals surface area contributed by atoms with Crippen molar-refractivity contribution in [2.24, 2.45) is 0 Å². The van der Waals surface area contributed by atoms with Crippen LogP contribution in [0.2, 0.25) is 0 Å². The Morgan fingerprint density at radius 1 is 1.62 bits per heavy atom. The van der Waals surface area contributed by atoms with Gasteiger partial charge in [0.05, 0.1) is 4.47 Å². The van der Waals surface area contributed by atoms with Crippen molar-refractivity contribution in [2.75, 3.05) is 6.61 Å². The highest BCUT2D eigenvalue weighted by Gasteiger charge is 2.30. The van der Waals surface area contributed by atoms with Crippen molar-refractivity contribution in [3.05, 3.63) is 28.5 Å². The maximum Gasteiger partial charge on any atom is 0.339 e. The van der Waals surface area contributed by atoms with Crippen LogP contribution in [0, 0.1) is 5.82 Å². The van der Waals surface area contributed by atoms with Crippen LogP contribution in [-0.4, -0.2) is 28.4 Å². The van der Waals surface area contributed by atoms with E-state index in [0.717, 1.165) is 6.92 Å². The maximum absolute atomic E-state index is 12.9. The standard InChI is InChI=1S/C10H10BrFO4/c1-10(15,9(13)14)5-16-6-2-3-8(12)7(11)4-6/h2-4,15H,5H2,1H3,(H,13,14). The van der Waals surface area contributed by atoms with Gasteiger partial charge in [-0.05, 0) is 41.1 Å². The molecule has 0 aliphatic heterocycles. The molecule has 2 N–H and O–H groups in total. The zero-order valence-corrected chi connectivity index (χ0v) is 9.99. The molecule has 0 radical (unpaired) electrons. The Kier molecular flexibility index (Phi) is 3.88. The SMILES string of the molecule is CC(O)(COc1ccc(F)c(Br)c1)C(=O)O. The van der Waals surface area contributed by atoms with Crippen molar-refractivity contribution in [3.63, 3.8) is 0 Å². The Morgan fingerprint density at radius 3 is 2.75 bits per heavy atom. The quantitative estimate of drug-likeness (QED) is 0.888. The van der Waals surface area contributed by atoms with Crippen molar-refractivity contribution in [3.8, 4) is 5.75 Å². The molecule has 0 saturated carbocycles. The molecule has 4 nitrogen and oxygen atoms in total. The monoisotopic (exact) mass is 292 g/mol. The van der Waals surface area contributed by atoms with Gasteiger partial charge in [0.2, 0.25) is 0 Å². The smallest absolute Gasteiger partial charge is 0.339 e. The zero-order chi connectivity index (χ0) is 12.3. The van der Waals surface area contributed by atoms with Crippen LogP contribution in [0.1, 0.15) is 6.92 Å². The average Bonchev–Trinajstić information content (AvgIpc) is 2.20. The lowest BCUT2D eigenvalue weighted by Gasteiger charge is -2.18. The van der Waals surface area contributed by atoms with Crippen molar-refractivity contribution >= 4 is 21.9 Å². The number of halogens is 2. The van der Waals surface area contributed by atoms with Crippen LogP contribution in [0.15, 0.2) is 22.7 Å². The van der Waals surface area contributed by atoms with E-state index >= 15 is 0 Å². The number of carboxylic acid groups (broad SMARTS) is 1. The first kappa shape index (κ1) is 12.9. The Labute approximate surface area is 99.8 Å². The third-order valence-electron chi connectivity index (χ3n) is 1.87. The predicted molar refractivity (Wildman–Crippen MR) is 57.9 cm³/mol. The normalized spacial score (nSPS) is 14.2. The second kappa shape index (κ2) is 4.80. The summed E-state index contributed by atoms with van der Waals surface area (Å²) >= 11 is 2.96. The van der Waals surface area contributed by atoms with Crippen molar-refractivity contribution in [2.45, 2.75) is 12.5 Å². The lowest BCUT2D eigenvalue weighted by atomic mass is 10.1. The van der Waals surface area contributed by atoms with Crippen LogP contribution < -0.4 is 4.74 Å². The van der Waals surface area contributed by atoms with Crippen LogP contribution in [0.4, 0.5) is 4.39 Å². The molecular weight excluding hydrogens is 283 g/mol. The van der Waals surface area contributed by atoms with E-state index in [9.17, 15) is 14.3 Å². The van der Waals surface area contributed by atoms with Crippen molar-refractivity contribution in [1.82, 2.24) is 0 Å². The first-order chi connectivity index (χ1) is 7.33. The van der Waals surface area contributed by atoms with E-state index in [-0.39, 0.29) is 10.2 Å². The van der Waals surface area contributed by atoms with Crippen LogP contribution in [-0.2, 0) is 4.79 Å². The molecule has 16 heavy (non-hydrogen) atoms. The van der Waals surface area contributed by atoms with Crippen molar-refractivity contribution in [1.29, 1.82) is 0 Å². The second-order valence-corrected chi connectivity index (χ2v) is 4.30. The minimum atomic E-state index is -1.97. The van der Waals surface area contributed by atoms with Gasteiger partial charge in [-0.15, -0.1) is 0 Å². The summed E-state index contributed by atoms with van der Waals surface area (Å²) < 4.78 is 18.1. The van der Waals surface area contributed by atoms with E-state index in [0.29, 0.717) is 0 Å². The molecule has 0 aliphatic rings. The van der Waals surface area contributed by atoms with Crippen molar-refractivity contribution < 1.29 is 24.1 Å². The first-order valence-electron chi connectivity index (χ1n) is 4.36. The van der Waals surface area contributed by atoms with Gasteiger partial charge in [-0.1, -0.05) is 0 Å². The Bertz CT molecular complexity index is 406. The summed E-state index contributed by atoms with van der Waals surface area (Å²) in [4.78, 5) is 10.6. The van der Waals surface area contributed by atoms with E-state index in [1.54, 1.807) is 0 Å². The van der Waals surface area contributed by atoms with E-state index in [1.165, 1.54) is 18.2 Å². The molecule has 0 spiro atoms. The number of benzene rings is 1. The van der Waals surface area contributed by atoms with E-state index in [1.807, 2.05) is 0 Å². The highest BCUT2D eigenvalue weighted by atomic mass is 79.9. The third-order valence-corrected chi connectivity index (χ3v) is 2.48. The van der Waals surface area contributed by atoms with Gasteiger partial charge in [-0.25, -0.2) is 9.18 Å². The summed E-state index contributed by atoms with van der Waals surface area (Å²) in [6, 6.07) is 3.88. The summed E-state index contributed by atoms with van der Waals surface area (Å²) in [5, 5.41) is 18.0. The van der Waals surface area contributed by atoms with Gasteiger partial charge in [0, 0.05) is 0 Å². The Morgan fingerprint density at radius 2 is 2.25 bits per heavy atom. The highest BCUT2D eigenvalue weighted by Crippen LogP contribution is 2.22. The number of aliphatic hydroxyl groups is 1. The molecule has 0 saturated heterocycles. The summed E-state index contributed by atoms with van der Waals surface area (Å²) in [7, 11) is 0. The third kappa shape index (κ3) is 3.18. The number of aliphatic carboxylic acids is 1. The van der Waals surface area contributed by atoms with E-state index < -0.39 is 24.0 Å². The van der Waals surface area contributed by atoms with Crippen LogP contribution >= 0.6 is 15.9 Å². The Balaban J connectivity index is 2.68. The van der Waals surface area contributed by atoms with Gasteiger partial charge >= 0.3 is 5.97 Å². The zero-order valence-electron chi connectivity index (χ0n) is 8.41. The average molecular weight is 293 g/mol. The molecule has 1 atom stereocenters. The predicted octanol–water partition coefficient (Wildman–Crippen LogP) is 1.80. The highest BCUT2D eigenvalue weighted by molar-refractivity contribution is 9.10. The fourth-order valence-corrected chi connectivity index (χ4v) is 1.21. The molecule has 0 amide bonds. The molecule has 0 bridgehead atoms. The van der Waals surface area contributed by atoms with E-state index in [2.05, 4.69) is 15.9 Å².